The number of ketones is 1. The lowest BCUT2D eigenvalue weighted by Crippen LogP contribution is -2.08. The van der Waals surface area contributed by atoms with Gasteiger partial charge in [0.25, 0.3) is 0 Å². The van der Waals surface area contributed by atoms with Crippen molar-refractivity contribution >= 4 is 28.8 Å². The molecule has 0 atom stereocenters. The second-order valence-electron chi connectivity index (χ2n) is 6.14. The molecule has 0 spiro atoms. The lowest BCUT2D eigenvalue weighted by Gasteiger charge is -2.07. The van der Waals surface area contributed by atoms with Gasteiger partial charge < -0.3 is 9.15 Å². The highest BCUT2D eigenvalue weighted by atomic mass is 16.5. The van der Waals surface area contributed by atoms with Crippen LogP contribution in [0.2, 0.25) is 0 Å². The van der Waals surface area contributed by atoms with E-state index in [2.05, 4.69) is 0 Å². The zero-order valence-corrected chi connectivity index (χ0v) is 14.9. The van der Waals surface area contributed by atoms with Crippen LogP contribution in [0.4, 0.5) is 0 Å². The SMILES string of the molecule is O=C(Oc1ccccc1C=CC(=O)c1cc2ccccc2o1)c1ccccc1. The number of carbonyl (C=O) groups is 2. The Labute approximate surface area is 161 Å². The van der Waals surface area contributed by atoms with Gasteiger partial charge in [-0.15, -0.1) is 0 Å². The molecular weight excluding hydrogens is 352 g/mol. The highest BCUT2D eigenvalue weighted by Gasteiger charge is 2.12. The molecule has 1 aromatic heterocycles. The maximum atomic E-state index is 12.5. The largest absolute Gasteiger partial charge is 0.453 e. The average molecular weight is 368 g/mol. The number of ether oxygens (including phenoxy) is 1. The third kappa shape index (κ3) is 3.76. The van der Waals surface area contributed by atoms with Crippen LogP contribution in [0, 0.1) is 0 Å². The molecule has 1 heterocycles. The molecule has 0 N–H and O–H groups in total. The Morgan fingerprint density at radius 2 is 1.54 bits per heavy atom. The molecule has 0 aliphatic rings. The van der Waals surface area contributed by atoms with E-state index in [4.69, 9.17) is 9.15 Å². The lowest BCUT2D eigenvalue weighted by molar-refractivity contribution is 0.0734. The highest BCUT2D eigenvalue weighted by Crippen LogP contribution is 2.23. The Kier molecular flexibility index (Phi) is 4.85. The van der Waals surface area contributed by atoms with Gasteiger partial charge in [-0.05, 0) is 42.5 Å². The smallest absolute Gasteiger partial charge is 0.343 e. The fraction of sp³-hybridized carbons (Fsp3) is 0. The first kappa shape index (κ1) is 17.5. The molecule has 4 heteroatoms. The topological polar surface area (TPSA) is 56.5 Å². The first-order chi connectivity index (χ1) is 13.7. The van der Waals surface area contributed by atoms with Crippen LogP contribution in [-0.2, 0) is 0 Å². The minimum absolute atomic E-state index is 0.260. The Morgan fingerprint density at radius 3 is 2.36 bits per heavy atom. The summed E-state index contributed by atoms with van der Waals surface area (Å²) < 4.78 is 11.1. The van der Waals surface area contributed by atoms with Crippen molar-refractivity contribution in [2.24, 2.45) is 0 Å². The number of hydrogen-bond donors (Lipinski definition) is 0. The van der Waals surface area contributed by atoms with E-state index in [1.165, 1.54) is 6.08 Å². The molecule has 3 aromatic carbocycles. The monoisotopic (exact) mass is 368 g/mol. The van der Waals surface area contributed by atoms with Gasteiger partial charge in [0.1, 0.15) is 11.3 Å². The van der Waals surface area contributed by atoms with E-state index in [-0.39, 0.29) is 11.5 Å². The van der Waals surface area contributed by atoms with Gasteiger partial charge in [0.2, 0.25) is 5.78 Å². The standard InChI is InChI=1S/C24H16O4/c25-20(23-16-19-11-5-7-13-22(19)27-23)15-14-17-8-4-6-12-21(17)28-24(26)18-9-2-1-3-10-18/h1-16H. The summed E-state index contributed by atoms with van der Waals surface area (Å²) in [4.78, 5) is 24.8. The van der Waals surface area contributed by atoms with Gasteiger partial charge in [0.05, 0.1) is 5.56 Å². The number of para-hydroxylation sites is 2. The van der Waals surface area contributed by atoms with Crippen molar-refractivity contribution in [2.45, 2.75) is 0 Å². The first-order valence-electron chi connectivity index (χ1n) is 8.78. The summed E-state index contributed by atoms with van der Waals surface area (Å²) >= 11 is 0. The number of allylic oxidation sites excluding steroid dienone is 1. The van der Waals surface area contributed by atoms with Gasteiger partial charge in [-0.1, -0.05) is 54.6 Å². The quantitative estimate of drug-likeness (QED) is 0.201. The van der Waals surface area contributed by atoms with Gasteiger partial charge in [0.15, 0.2) is 5.76 Å². The van der Waals surface area contributed by atoms with Crippen molar-refractivity contribution in [2.75, 3.05) is 0 Å². The second-order valence-corrected chi connectivity index (χ2v) is 6.14. The first-order valence-corrected chi connectivity index (χ1v) is 8.78. The summed E-state index contributed by atoms with van der Waals surface area (Å²) in [5.74, 6) is -0.0772. The summed E-state index contributed by atoms with van der Waals surface area (Å²) in [5, 5.41) is 0.872. The van der Waals surface area contributed by atoms with Crippen LogP contribution < -0.4 is 4.74 Å². The van der Waals surface area contributed by atoms with Crippen molar-refractivity contribution in [3.05, 3.63) is 108 Å². The number of hydrogen-bond acceptors (Lipinski definition) is 4. The van der Waals surface area contributed by atoms with E-state index < -0.39 is 5.97 Å². The van der Waals surface area contributed by atoms with Crippen LogP contribution in [0.5, 0.6) is 5.75 Å². The summed E-state index contributed by atoms with van der Waals surface area (Å²) in [5.41, 5.74) is 1.74. The number of benzene rings is 3. The van der Waals surface area contributed by atoms with Crippen LogP contribution in [0.1, 0.15) is 26.5 Å². The van der Waals surface area contributed by atoms with Crippen molar-refractivity contribution in [1.82, 2.24) is 0 Å². The second kappa shape index (κ2) is 7.76. The van der Waals surface area contributed by atoms with Gasteiger partial charge in [-0.3, -0.25) is 4.79 Å². The molecule has 28 heavy (non-hydrogen) atoms. The van der Waals surface area contributed by atoms with Crippen LogP contribution >= 0.6 is 0 Å². The predicted molar refractivity (Wildman–Crippen MR) is 107 cm³/mol. The summed E-state index contributed by atoms with van der Waals surface area (Å²) in [6, 6.07) is 24.9. The van der Waals surface area contributed by atoms with Gasteiger partial charge in [0, 0.05) is 10.9 Å². The van der Waals surface area contributed by atoms with E-state index in [0.29, 0.717) is 22.5 Å². The van der Waals surface area contributed by atoms with Gasteiger partial charge in [-0.2, -0.15) is 0 Å². The molecule has 0 aliphatic carbocycles. The number of furan rings is 1. The molecule has 0 fully saturated rings. The number of carbonyl (C=O) groups excluding carboxylic acids is 2. The minimum Gasteiger partial charge on any atom is -0.453 e. The van der Waals surface area contributed by atoms with Crippen molar-refractivity contribution in [3.8, 4) is 5.75 Å². The molecule has 4 rings (SSSR count). The van der Waals surface area contributed by atoms with Crippen LogP contribution in [0.25, 0.3) is 17.0 Å². The van der Waals surface area contributed by atoms with Crippen LogP contribution in [0.3, 0.4) is 0 Å². The van der Waals surface area contributed by atoms with Crippen molar-refractivity contribution in [3.63, 3.8) is 0 Å². The van der Waals surface area contributed by atoms with Crippen molar-refractivity contribution < 1.29 is 18.7 Å². The Morgan fingerprint density at radius 1 is 0.821 bits per heavy atom. The third-order valence-electron chi connectivity index (χ3n) is 4.21. The molecule has 4 nitrogen and oxygen atoms in total. The Hall–Kier alpha value is -3.92. The number of fused-ring (bicyclic) bond motifs is 1. The fourth-order valence-corrected chi connectivity index (χ4v) is 2.80. The number of esters is 1. The molecule has 0 unspecified atom stereocenters. The molecule has 0 saturated heterocycles. The molecule has 0 aliphatic heterocycles. The van der Waals surface area contributed by atoms with Gasteiger partial charge in [-0.25, -0.2) is 4.79 Å². The summed E-state index contributed by atoms with van der Waals surface area (Å²) in [6.07, 6.45) is 3.02. The summed E-state index contributed by atoms with van der Waals surface area (Å²) in [6.45, 7) is 0. The zero-order chi connectivity index (χ0) is 19.3. The Bertz CT molecular complexity index is 1140. The summed E-state index contributed by atoms with van der Waals surface area (Å²) in [7, 11) is 0. The van der Waals surface area contributed by atoms with E-state index in [1.54, 1.807) is 54.6 Å². The normalized spacial score (nSPS) is 11.0. The van der Waals surface area contributed by atoms with Crippen LogP contribution in [-0.4, -0.2) is 11.8 Å². The fourth-order valence-electron chi connectivity index (χ4n) is 2.80. The Balaban J connectivity index is 1.54. The maximum absolute atomic E-state index is 12.5. The van der Waals surface area contributed by atoms with Gasteiger partial charge >= 0.3 is 5.97 Å². The zero-order valence-electron chi connectivity index (χ0n) is 14.9. The van der Waals surface area contributed by atoms with E-state index in [0.717, 1.165) is 5.39 Å². The van der Waals surface area contributed by atoms with E-state index in [9.17, 15) is 9.59 Å². The molecule has 136 valence electrons. The predicted octanol–water partition coefficient (Wildman–Crippen LogP) is 5.55. The highest BCUT2D eigenvalue weighted by molar-refractivity contribution is 6.07. The van der Waals surface area contributed by atoms with Crippen LogP contribution in [0.15, 0.2) is 95.4 Å². The average Bonchev–Trinajstić information content (AvgIpc) is 3.18. The maximum Gasteiger partial charge on any atom is 0.343 e. The molecule has 0 bridgehead atoms. The molecular formula is C24H16O4. The third-order valence-corrected chi connectivity index (χ3v) is 4.21. The minimum atomic E-state index is -0.454. The molecule has 4 aromatic rings. The molecule has 0 saturated carbocycles. The number of rotatable bonds is 5. The molecule has 0 amide bonds. The lowest BCUT2D eigenvalue weighted by atomic mass is 10.1. The van der Waals surface area contributed by atoms with E-state index in [1.807, 2.05) is 36.4 Å². The van der Waals surface area contributed by atoms with E-state index >= 15 is 0 Å². The molecule has 0 radical (unpaired) electrons. The van der Waals surface area contributed by atoms with Crippen molar-refractivity contribution in [1.29, 1.82) is 0 Å².